The molecule has 26 heavy (non-hydrogen) atoms. The molecule has 0 unspecified atom stereocenters. The smallest absolute Gasteiger partial charge is 0.317 e. The summed E-state index contributed by atoms with van der Waals surface area (Å²) in [6.45, 7) is 3.82. The lowest BCUT2D eigenvalue weighted by Crippen LogP contribution is -2.36. The maximum atomic E-state index is 12.1. The van der Waals surface area contributed by atoms with E-state index >= 15 is 0 Å². The molecule has 1 aliphatic rings. The monoisotopic (exact) mass is 396 g/mol. The molecule has 0 bridgehead atoms. The highest BCUT2D eigenvalue weighted by atomic mass is 32.2. The summed E-state index contributed by atoms with van der Waals surface area (Å²) in [6.07, 6.45) is 1.43. The fourth-order valence-electron chi connectivity index (χ4n) is 2.47. The number of esters is 1. The number of hydrogen-bond donors (Lipinski definition) is 1. The lowest BCUT2D eigenvalue weighted by Gasteiger charge is -2.18. The number of nitrogens with zero attached hydrogens (tertiary/aromatic N) is 1. The average Bonchev–Trinajstić information content (AvgIpc) is 3.19. The van der Waals surface area contributed by atoms with Gasteiger partial charge in [0.25, 0.3) is 5.91 Å². The minimum atomic E-state index is -0.846. The molecule has 1 aromatic rings. The Morgan fingerprint density at radius 3 is 2.54 bits per heavy atom. The van der Waals surface area contributed by atoms with Crippen LogP contribution in [0.25, 0.3) is 0 Å². The molecule has 0 spiro atoms. The SMILES string of the molecule is COc1ccc(CNC(=O)[C@@H](C)OC(=O)CSC(=S)N2CCCC2)cc1. The first-order chi connectivity index (χ1) is 12.5. The van der Waals surface area contributed by atoms with E-state index in [-0.39, 0.29) is 11.7 Å². The third-order valence-electron chi connectivity index (χ3n) is 3.98. The Kier molecular flexibility index (Phi) is 8.18. The van der Waals surface area contributed by atoms with E-state index in [1.165, 1.54) is 11.8 Å². The van der Waals surface area contributed by atoms with Crippen LogP contribution in [0.2, 0.25) is 0 Å². The molecular formula is C18H24N2O4S2. The zero-order valence-corrected chi connectivity index (χ0v) is 16.7. The number of nitrogens with one attached hydrogen (secondary N) is 1. The topological polar surface area (TPSA) is 67.9 Å². The number of rotatable bonds is 7. The molecule has 1 atom stereocenters. The maximum Gasteiger partial charge on any atom is 0.317 e. The fraction of sp³-hybridized carbons (Fsp3) is 0.500. The summed E-state index contributed by atoms with van der Waals surface area (Å²) >= 11 is 6.59. The molecule has 0 aliphatic carbocycles. The van der Waals surface area contributed by atoms with Gasteiger partial charge in [-0.3, -0.25) is 9.59 Å². The van der Waals surface area contributed by atoms with Gasteiger partial charge in [-0.2, -0.15) is 0 Å². The van der Waals surface area contributed by atoms with Crippen LogP contribution in [0.1, 0.15) is 25.3 Å². The second kappa shape index (κ2) is 10.4. The van der Waals surface area contributed by atoms with Crippen LogP contribution >= 0.6 is 24.0 Å². The van der Waals surface area contributed by atoms with Gasteiger partial charge in [0, 0.05) is 19.6 Å². The first-order valence-corrected chi connectivity index (χ1v) is 9.91. The van der Waals surface area contributed by atoms with E-state index in [0.29, 0.717) is 6.54 Å². The van der Waals surface area contributed by atoms with Gasteiger partial charge in [-0.25, -0.2) is 0 Å². The van der Waals surface area contributed by atoms with Crippen molar-refractivity contribution in [2.45, 2.75) is 32.4 Å². The zero-order chi connectivity index (χ0) is 18.9. The Morgan fingerprint density at radius 1 is 1.27 bits per heavy atom. The molecule has 1 aromatic carbocycles. The summed E-state index contributed by atoms with van der Waals surface area (Å²) in [5.74, 6) is 0.0995. The van der Waals surface area contributed by atoms with Crippen molar-refractivity contribution in [1.82, 2.24) is 10.2 Å². The number of hydrogen-bond acceptors (Lipinski definition) is 6. The van der Waals surface area contributed by atoms with E-state index in [2.05, 4.69) is 10.2 Å². The lowest BCUT2D eigenvalue weighted by molar-refractivity contribution is -0.152. The molecule has 1 aliphatic heterocycles. The predicted molar refractivity (Wildman–Crippen MR) is 106 cm³/mol. The van der Waals surface area contributed by atoms with Crippen LogP contribution < -0.4 is 10.1 Å². The van der Waals surface area contributed by atoms with Gasteiger partial charge < -0.3 is 19.7 Å². The number of methoxy groups -OCH3 is 1. The van der Waals surface area contributed by atoms with E-state index in [0.717, 1.165) is 41.6 Å². The third-order valence-corrected chi connectivity index (χ3v) is 5.48. The molecule has 6 nitrogen and oxygen atoms in total. The molecule has 0 radical (unpaired) electrons. The summed E-state index contributed by atoms with van der Waals surface area (Å²) in [6, 6.07) is 7.38. The number of thiocarbonyl (C=S) groups is 1. The Hall–Kier alpha value is -1.80. The quantitative estimate of drug-likeness (QED) is 0.560. The first kappa shape index (κ1) is 20.5. The molecule has 0 aromatic heterocycles. The third kappa shape index (κ3) is 6.49. The largest absolute Gasteiger partial charge is 0.497 e. The van der Waals surface area contributed by atoms with Crippen molar-refractivity contribution in [1.29, 1.82) is 0 Å². The van der Waals surface area contributed by atoms with Crippen molar-refractivity contribution in [2.75, 3.05) is 26.0 Å². The summed E-state index contributed by atoms with van der Waals surface area (Å²) in [5, 5.41) is 2.75. The molecule has 1 heterocycles. The van der Waals surface area contributed by atoms with Crippen molar-refractivity contribution in [3.63, 3.8) is 0 Å². The van der Waals surface area contributed by atoms with E-state index in [9.17, 15) is 9.59 Å². The summed E-state index contributed by atoms with van der Waals surface area (Å²) in [5.41, 5.74) is 0.934. The zero-order valence-electron chi connectivity index (χ0n) is 15.0. The van der Waals surface area contributed by atoms with Crippen LogP contribution in [0.15, 0.2) is 24.3 Å². The van der Waals surface area contributed by atoms with Crippen LogP contribution in [-0.2, 0) is 20.9 Å². The minimum absolute atomic E-state index is 0.117. The number of ether oxygens (including phenoxy) is 2. The van der Waals surface area contributed by atoms with Crippen molar-refractivity contribution < 1.29 is 19.1 Å². The van der Waals surface area contributed by atoms with Gasteiger partial charge in [-0.15, -0.1) is 0 Å². The first-order valence-electron chi connectivity index (χ1n) is 8.51. The molecule has 1 amide bonds. The molecule has 8 heteroatoms. The Labute approximate surface area is 163 Å². The molecular weight excluding hydrogens is 372 g/mol. The second-order valence-electron chi connectivity index (χ2n) is 5.95. The standard InChI is InChI=1S/C18H24N2O4S2/c1-13(17(22)19-11-14-5-7-15(23-2)8-6-14)24-16(21)12-26-18(25)20-9-3-4-10-20/h5-8,13H,3-4,9-12H2,1-2H3,(H,19,22)/t13-/m1/s1. The van der Waals surface area contributed by atoms with Crippen molar-refractivity contribution >= 4 is 40.2 Å². The van der Waals surface area contributed by atoms with Gasteiger partial charge in [-0.05, 0) is 37.5 Å². The van der Waals surface area contributed by atoms with Crippen LogP contribution in [0, 0.1) is 0 Å². The van der Waals surface area contributed by atoms with E-state index in [1.807, 2.05) is 24.3 Å². The van der Waals surface area contributed by atoms with Gasteiger partial charge in [0.05, 0.1) is 12.9 Å². The summed E-state index contributed by atoms with van der Waals surface area (Å²) in [7, 11) is 1.60. The average molecular weight is 397 g/mol. The summed E-state index contributed by atoms with van der Waals surface area (Å²) < 4.78 is 11.0. The number of thioether (sulfide) groups is 1. The number of likely N-dealkylation sites (tertiary alicyclic amines) is 1. The van der Waals surface area contributed by atoms with Gasteiger partial charge in [-0.1, -0.05) is 36.1 Å². The predicted octanol–water partition coefficient (Wildman–Crippen LogP) is 2.36. The second-order valence-corrected chi connectivity index (χ2v) is 7.56. The fourth-order valence-corrected chi connectivity index (χ4v) is 3.51. The molecule has 2 rings (SSSR count). The number of carbonyl (C=O) groups excluding carboxylic acids is 2. The van der Waals surface area contributed by atoms with Crippen molar-refractivity contribution in [3.05, 3.63) is 29.8 Å². The minimum Gasteiger partial charge on any atom is -0.497 e. The van der Waals surface area contributed by atoms with Gasteiger partial charge in [0.1, 0.15) is 10.1 Å². The van der Waals surface area contributed by atoms with Crippen LogP contribution in [0.5, 0.6) is 5.75 Å². The molecule has 0 saturated carbocycles. The highest BCUT2D eigenvalue weighted by molar-refractivity contribution is 8.23. The highest BCUT2D eigenvalue weighted by Crippen LogP contribution is 2.16. The van der Waals surface area contributed by atoms with Crippen LogP contribution in [-0.4, -0.2) is 53.2 Å². The molecule has 142 valence electrons. The molecule has 1 N–H and O–H groups in total. The van der Waals surface area contributed by atoms with Gasteiger partial charge in [0.15, 0.2) is 6.10 Å². The molecule has 1 saturated heterocycles. The van der Waals surface area contributed by atoms with Crippen LogP contribution in [0.4, 0.5) is 0 Å². The number of amides is 1. The van der Waals surface area contributed by atoms with Gasteiger partial charge >= 0.3 is 5.97 Å². The Morgan fingerprint density at radius 2 is 1.92 bits per heavy atom. The summed E-state index contributed by atoms with van der Waals surface area (Å²) in [4.78, 5) is 26.1. The number of carbonyl (C=O) groups is 2. The number of benzene rings is 1. The van der Waals surface area contributed by atoms with E-state index in [1.54, 1.807) is 14.0 Å². The maximum absolute atomic E-state index is 12.1. The van der Waals surface area contributed by atoms with Gasteiger partial charge in [0.2, 0.25) is 0 Å². The molecule has 1 fully saturated rings. The van der Waals surface area contributed by atoms with E-state index in [4.69, 9.17) is 21.7 Å². The Bertz CT molecular complexity index is 631. The highest BCUT2D eigenvalue weighted by Gasteiger charge is 2.20. The van der Waals surface area contributed by atoms with E-state index < -0.39 is 12.1 Å². The van der Waals surface area contributed by atoms with Crippen molar-refractivity contribution in [2.24, 2.45) is 0 Å². The lowest BCUT2D eigenvalue weighted by atomic mass is 10.2. The van der Waals surface area contributed by atoms with Crippen molar-refractivity contribution in [3.8, 4) is 5.75 Å². The Balaban J connectivity index is 1.68. The van der Waals surface area contributed by atoms with Crippen LogP contribution in [0.3, 0.4) is 0 Å². The normalized spacial score (nSPS) is 14.6.